The lowest BCUT2D eigenvalue weighted by Crippen LogP contribution is -2.31. The summed E-state index contributed by atoms with van der Waals surface area (Å²) in [5, 5.41) is 3.13. The summed E-state index contributed by atoms with van der Waals surface area (Å²) in [4.78, 5) is 11.6. The zero-order chi connectivity index (χ0) is 11.8. The van der Waals surface area contributed by atoms with Crippen molar-refractivity contribution >= 4 is 5.97 Å². The molecule has 0 aromatic carbocycles. The largest absolute Gasteiger partial charge is 0.463 e. The van der Waals surface area contributed by atoms with Crippen molar-refractivity contribution in [2.75, 3.05) is 26.3 Å². The zero-order valence-corrected chi connectivity index (χ0v) is 10.3. The minimum absolute atomic E-state index is 0.0801. The van der Waals surface area contributed by atoms with Crippen LogP contribution in [0.5, 0.6) is 0 Å². The van der Waals surface area contributed by atoms with Gasteiger partial charge in [0.2, 0.25) is 0 Å². The van der Waals surface area contributed by atoms with E-state index in [1.165, 1.54) is 6.42 Å². The summed E-state index contributed by atoms with van der Waals surface area (Å²) in [6, 6.07) is 0. The predicted octanol–water partition coefficient (Wildman–Crippen LogP) is 1.34. The molecule has 94 valence electrons. The second-order valence-corrected chi connectivity index (χ2v) is 4.33. The molecule has 1 N–H and O–H groups in total. The Morgan fingerprint density at radius 1 is 1.56 bits per heavy atom. The molecule has 0 spiro atoms. The summed E-state index contributed by atoms with van der Waals surface area (Å²) in [5.74, 6) is -0.210. The summed E-state index contributed by atoms with van der Waals surface area (Å²) >= 11 is 0. The Labute approximate surface area is 97.7 Å². The van der Waals surface area contributed by atoms with Crippen molar-refractivity contribution in [1.29, 1.82) is 0 Å². The third kappa shape index (κ3) is 4.94. The van der Waals surface area contributed by atoms with Crippen LogP contribution in [0.4, 0.5) is 0 Å². The fourth-order valence-corrected chi connectivity index (χ4v) is 1.70. The topological polar surface area (TPSA) is 47.6 Å². The molecule has 4 nitrogen and oxygen atoms in total. The van der Waals surface area contributed by atoms with Crippen LogP contribution in [-0.4, -0.2) is 38.4 Å². The Morgan fingerprint density at radius 3 is 3.00 bits per heavy atom. The summed E-state index contributed by atoms with van der Waals surface area (Å²) in [6.07, 6.45) is 3.43. The van der Waals surface area contributed by atoms with Crippen LogP contribution in [0.1, 0.15) is 33.1 Å². The minimum Gasteiger partial charge on any atom is -0.463 e. The summed E-state index contributed by atoms with van der Waals surface area (Å²) in [6.45, 7) is 6.68. The first-order valence-corrected chi connectivity index (χ1v) is 6.23. The van der Waals surface area contributed by atoms with Gasteiger partial charge in [-0.05, 0) is 25.8 Å². The van der Waals surface area contributed by atoms with Gasteiger partial charge in [0.15, 0.2) is 0 Å². The van der Waals surface area contributed by atoms with Gasteiger partial charge in [0.25, 0.3) is 0 Å². The summed E-state index contributed by atoms with van der Waals surface area (Å²) in [7, 11) is 0. The van der Waals surface area contributed by atoms with E-state index in [0.717, 1.165) is 26.0 Å². The molecule has 0 amide bonds. The quantitative estimate of drug-likeness (QED) is 0.698. The SMILES string of the molecule is CCNCC(C)C(=O)OCC1CCCCO1. The van der Waals surface area contributed by atoms with Crippen LogP contribution in [0.3, 0.4) is 0 Å². The normalized spacial score (nSPS) is 22.8. The molecule has 0 aliphatic carbocycles. The highest BCUT2D eigenvalue weighted by Gasteiger charge is 2.18. The Balaban J connectivity index is 2.12. The van der Waals surface area contributed by atoms with Crippen molar-refractivity contribution in [3.05, 3.63) is 0 Å². The lowest BCUT2D eigenvalue weighted by Gasteiger charge is -2.22. The van der Waals surface area contributed by atoms with Crippen LogP contribution in [-0.2, 0) is 14.3 Å². The molecule has 0 bridgehead atoms. The monoisotopic (exact) mass is 229 g/mol. The van der Waals surface area contributed by atoms with Gasteiger partial charge in [0, 0.05) is 13.2 Å². The second-order valence-electron chi connectivity index (χ2n) is 4.33. The fraction of sp³-hybridized carbons (Fsp3) is 0.917. The van der Waals surface area contributed by atoms with Crippen molar-refractivity contribution < 1.29 is 14.3 Å². The highest BCUT2D eigenvalue weighted by atomic mass is 16.6. The van der Waals surface area contributed by atoms with Crippen LogP contribution < -0.4 is 5.32 Å². The van der Waals surface area contributed by atoms with Gasteiger partial charge in [-0.2, -0.15) is 0 Å². The number of carbonyl (C=O) groups excluding carboxylic acids is 1. The molecule has 1 rings (SSSR count). The van der Waals surface area contributed by atoms with E-state index in [0.29, 0.717) is 13.2 Å². The van der Waals surface area contributed by atoms with E-state index in [2.05, 4.69) is 5.32 Å². The van der Waals surface area contributed by atoms with E-state index in [1.807, 2.05) is 13.8 Å². The van der Waals surface area contributed by atoms with Crippen LogP contribution in [0.25, 0.3) is 0 Å². The lowest BCUT2D eigenvalue weighted by atomic mass is 10.1. The van der Waals surface area contributed by atoms with Gasteiger partial charge >= 0.3 is 5.97 Å². The van der Waals surface area contributed by atoms with Crippen LogP contribution >= 0.6 is 0 Å². The number of ether oxygens (including phenoxy) is 2. The Morgan fingerprint density at radius 2 is 2.38 bits per heavy atom. The van der Waals surface area contributed by atoms with Gasteiger partial charge in [0.1, 0.15) is 6.61 Å². The smallest absolute Gasteiger partial charge is 0.310 e. The average molecular weight is 229 g/mol. The Kier molecular flexibility index (Phi) is 6.42. The molecular formula is C12H23NO3. The molecule has 0 aromatic rings. The maximum Gasteiger partial charge on any atom is 0.310 e. The molecule has 4 heteroatoms. The lowest BCUT2D eigenvalue weighted by molar-refractivity contribution is -0.153. The van der Waals surface area contributed by atoms with E-state index in [9.17, 15) is 4.79 Å². The summed E-state index contributed by atoms with van der Waals surface area (Å²) < 4.78 is 10.7. The minimum atomic E-state index is -0.130. The van der Waals surface area contributed by atoms with E-state index in [1.54, 1.807) is 0 Å². The average Bonchev–Trinajstić information content (AvgIpc) is 2.34. The maximum absolute atomic E-state index is 11.6. The molecule has 16 heavy (non-hydrogen) atoms. The van der Waals surface area contributed by atoms with E-state index in [-0.39, 0.29) is 18.0 Å². The van der Waals surface area contributed by atoms with Gasteiger partial charge < -0.3 is 14.8 Å². The number of nitrogens with one attached hydrogen (secondary N) is 1. The number of hydrogen-bond donors (Lipinski definition) is 1. The molecule has 2 atom stereocenters. The molecule has 1 fully saturated rings. The van der Waals surface area contributed by atoms with Crippen molar-refractivity contribution in [2.45, 2.75) is 39.2 Å². The number of hydrogen-bond acceptors (Lipinski definition) is 4. The fourth-order valence-electron chi connectivity index (χ4n) is 1.70. The highest BCUT2D eigenvalue weighted by molar-refractivity contribution is 5.72. The van der Waals surface area contributed by atoms with E-state index < -0.39 is 0 Å². The third-order valence-corrected chi connectivity index (χ3v) is 2.79. The molecule has 0 aromatic heterocycles. The molecule has 2 unspecified atom stereocenters. The zero-order valence-electron chi connectivity index (χ0n) is 10.3. The molecule has 0 saturated carbocycles. The number of carbonyl (C=O) groups is 1. The Bertz CT molecular complexity index is 202. The van der Waals surface area contributed by atoms with E-state index in [4.69, 9.17) is 9.47 Å². The van der Waals surface area contributed by atoms with Crippen LogP contribution in [0.2, 0.25) is 0 Å². The molecule has 1 aliphatic heterocycles. The van der Waals surface area contributed by atoms with Crippen molar-refractivity contribution in [2.24, 2.45) is 5.92 Å². The second kappa shape index (κ2) is 7.63. The molecule has 0 radical (unpaired) electrons. The molecule has 1 heterocycles. The number of esters is 1. The first-order valence-electron chi connectivity index (χ1n) is 6.23. The highest BCUT2D eigenvalue weighted by Crippen LogP contribution is 2.13. The summed E-state index contributed by atoms with van der Waals surface area (Å²) in [5.41, 5.74) is 0. The van der Waals surface area contributed by atoms with Crippen LogP contribution in [0.15, 0.2) is 0 Å². The van der Waals surface area contributed by atoms with Gasteiger partial charge in [-0.25, -0.2) is 0 Å². The van der Waals surface area contributed by atoms with Crippen molar-refractivity contribution in [3.8, 4) is 0 Å². The van der Waals surface area contributed by atoms with Crippen LogP contribution in [0, 0.1) is 5.92 Å². The molecule has 1 saturated heterocycles. The first kappa shape index (κ1) is 13.5. The van der Waals surface area contributed by atoms with Crippen molar-refractivity contribution in [3.63, 3.8) is 0 Å². The van der Waals surface area contributed by atoms with E-state index >= 15 is 0 Å². The first-order chi connectivity index (χ1) is 7.74. The van der Waals surface area contributed by atoms with Gasteiger partial charge in [-0.3, -0.25) is 4.79 Å². The molecule has 1 aliphatic rings. The van der Waals surface area contributed by atoms with Crippen molar-refractivity contribution in [1.82, 2.24) is 5.32 Å². The van der Waals surface area contributed by atoms with Gasteiger partial charge in [0.05, 0.1) is 12.0 Å². The third-order valence-electron chi connectivity index (χ3n) is 2.79. The maximum atomic E-state index is 11.6. The Hall–Kier alpha value is -0.610. The molecular weight excluding hydrogens is 206 g/mol. The standard InChI is InChI=1S/C12H23NO3/c1-3-13-8-10(2)12(14)16-9-11-6-4-5-7-15-11/h10-11,13H,3-9H2,1-2H3. The predicted molar refractivity (Wildman–Crippen MR) is 62.3 cm³/mol. The number of rotatable bonds is 6. The van der Waals surface area contributed by atoms with Gasteiger partial charge in [-0.15, -0.1) is 0 Å². The van der Waals surface area contributed by atoms with Gasteiger partial charge in [-0.1, -0.05) is 13.8 Å².